The fourth-order valence-electron chi connectivity index (χ4n) is 2.38. The average molecular weight is 429 g/mol. The number of para-hydroxylation sites is 1. The van der Waals surface area contributed by atoms with E-state index < -0.39 is 0 Å². The number of hydrogen-bond donors (Lipinski definition) is 1. The van der Waals surface area contributed by atoms with Crippen molar-refractivity contribution in [1.29, 1.82) is 0 Å². The maximum atomic E-state index is 12.5. The SMILES string of the molecule is O=C(Nc1ccnn1Cc1cc(Br)cs1)c1cnn(-c2ccccc2)n1. The maximum Gasteiger partial charge on any atom is 0.279 e. The zero-order chi connectivity index (χ0) is 17.9. The van der Waals surface area contributed by atoms with Crippen LogP contribution in [0.25, 0.3) is 5.69 Å². The molecule has 0 radical (unpaired) electrons. The summed E-state index contributed by atoms with van der Waals surface area (Å²) < 4.78 is 2.77. The Morgan fingerprint density at radius 1 is 1.19 bits per heavy atom. The van der Waals surface area contributed by atoms with E-state index in [0.29, 0.717) is 12.4 Å². The van der Waals surface area contributed by atoms with Crippen LogP contribution in [0.4, 0.5) is 5.82 Å². The summed E-state index contributed by atoms with van der Waals surface area (Å²) in [6.45, 7) is 0.579. The normalized spacial score (nSPS) is 10.8. The van der Waals surface area contributed by atoms with Crippen LogP contribution in [0.3, 0.4) is 0 Å². The largest absolute Gasteiger partial charge is 0.305 e. The van der Waals surface area contributed by atoms with Gasteiger partial charge in [0.15, 0.2) is 5.69 Å². The highest BCUT2D eigenvalue weighted by molar-refractivity contribution is 9.10. The van der Waals surface area contributed by atoms with Crippen molar-refractivity contribution >= 4 is 39.0 Å². The monoisotopic (exact) mass is 428 g/mol. The van der Waals surface area contributed by atoms with Gasteiger partial charge in [-0.15, -0.1) is 16.4 Å². The van der Waals surface area contributed by atoms with Gasteiger partial charge in [0.25, 0.3) is 5.91 Å². The van der Waals surface area contributed by atoms with E-state index in [2.05, 4.69) is 36.5 Å². The lowest BCUT2D eigenvalue weighted by atomic mass is 10.3. The van der Waals surface area contributed by atoms with Gasteiger partial charge in [0.05, 0.1) is 24.6 Å². The number of rotatable bonds is 5. The minimum Gasteiger partial charge on any atom is -0.305 e. The number of benzene rings is 1. The van der Waals surface area contributed by atoms with Crippen LogP contribution in [0.15, 0.2) is 64.7 Å². The molecule has 0 atom stereocenters. The van der Waals surface area contributed by atoms with E-state index in [0.717, 1.165) is 15.0 Å². The molecule has 0 bridgehead atoms. The third-order valence-electron chi connectivity index (χ3n) is 3.60. The molecule has 130 valence electrons. The predicted octanol–water partition coefficient (Wildman–Crippen LogP) is 3.59. The molecule has 1 amide bonds. The Hall–Kier alpha value is -2.78. The summed E-state index contributed by atoms with van der Waals surface area (Å²) in [5.41, 5.74) is 1.03. The van der Waals surface area contributed by atoms with Gasteiger partial charge in [-0.25, -0.2) is 4.68 Å². The lowest BCUT2D eigenvalue weighted by molar-refractivity contribution is 0.102. The fraction of sp³-hybridized carbons (Fsp3) is 0.0588. The number of thiophene rings is 1. The minimum absolute atomic E-state index is 0.237. The van der Waals surface area contributed by atoms with E-state index in [-0.39, 0.29) is 11.6 Å². The maximum absolute atomic E-state index is 12.5. The Labute approximate surface area is 161 Å². The Kier molecular flexibility index (Phi) is 4.63. The van der Waals surface area contributed by atoms with Gasteiger partial charge >= 0.3 is 0 Å². The first-order valence-electron chi connectivity index (χ1n) is 7.73. The van der Waals surface area contributed by atoms with E-state index >= 15 is 0 Å². The van der Waals surface area contributed by atoms with Crippen LogP contribution in [-0.2, 0) is 6.54 Å². The molecule has 7 nitrogen and oxygen atoms in total. The van der Waals surface area contributed by atoms with Crippen molar-refractivity contribution in [2.75, 3.05) is 5.32 Å². The molecule has 0 fully saturated rings. The Morgan fingerprint density at radius 2 is 2.04 bits per heavy atom. The molecule has 3 heterocycles. The highest BCUT2D eigenvalue weighted by Gasteiger charge is 2.14. The van der Waals surface area contributed by atoms with Gasteiger partial charge in [0.2, 0.25) is 0 Å². The van der Waals surface area contributed by atoms with Gasteiger partial charge in [-0.1, -0.05) is 18.2 Å². The Morgan fingerprint density at radius 3 is 2.81 bits per heavy atom. The van der Waals surface area contributed by atoms with Crippen molar-refractivity contribution in [1.82, 2.24) is 24.8 Å². The first-order valence-corrected chi connectivity index (χ1v) is 9.40. The first-order chi connectivity index (χ1) is 12.7. The number of aromatic nitrogens is 5. The molecular weight excluding hydrogens is 416 g/mol. The summed E-state index contributed by atoms with van der Waals surface area (Å²) in [6.07, 6.45) is 3.10. The molecule has 0 unspecified atom stereocenters. The standard InChI is InChI=1S/C17H13BrN6OS/c18-12-8-14(26-11-12)10-23-16(6-7-19-23)21-17(25)15-9-20-24(22-15)13-4-2-1-3-5-13/h1-9,11H,10H2,(H,21,25). The summed E-state index contributed by atoms with van der Waals surface area (Å²) in [7, 11) is 0. The van der Waals surface area contributed by atoms with Gasteiger partial charge in [0.1, 0.15) is 5.82 Å². The third-order valence-corrected chi connectivity index (χ3v) is 5.28. The van der Waals surface area contributed by atoms with Crippen LogP contribution in [0, 0.1) is 0 Å². The van der Waals surface area contributed by atoms with Gasteiger partial charge in [-0.3, -0.25) is 4.79 Å². The number of halogens is 1. The van der Waals surface area contributed by atoms with Gasteiger partial charge in [-0.05, 0) is 34.1 Å². The number of amides is 1. The zero-order valence-electron chi connectivity index (χ0n) is 13.4. The van der Waals surface area contributed by atoms with Crippen LogP contribution >= 0.6 is 27.3 Å². The number of hydrogen-bond acceptors (Lipinski definition) is 5. The highest BCUT2D eigenvalue weighted by Crippen LogP contribution is 2.21. The molecule has 0 saturated carbocycles. The summed E-state index contributed by atoms with van der Waals surface area (Å²) >= 11 is 5.07. The second-order valence-corrected chi connectivity index (χ2v) is 7.33. The molecule has 1 aromatic carbocycles. The molecular formula is C17H13BrN6OS. The zero-order valence-corrected chi connectivity index (χ0v) is 15.8. The first kappa shape index (κ1) is 16.7. The van der Waals surface area contributed by atoms with Crippen LogP contribution < -0.4 is 5.32 Å². The van der Waals surface area contributed by atoms with E-state index in [4.69, 9.17) is 0 Å². The van der Waals surface area contributed by atoms with Crippen LogP contribution in [0.2, 0.25) is 0 Å². The molecule has 0 aliphatic rings. The average Bonchev–Trinajstić information content (AvgIpc) is 3.38. The molecule has 26 heavy (non-hydrogen) atoms. The van der Waals surface area contributed by atoms with Crippen molar-refractivity contribution in [2.45, 2.75) is 6.54 Å². The Balaban J connectivity index is 1.49. The number of carbonyl (C=O) groups is 1. The van der Waals surface area contributed by atoms with E-state index in [1.807, 2.05) is 41.8 Å². The van der Waals surface area contributed by atoms with Crippen molar-refractivity contribution in [2.24, 2.45) is 0 Å². The number of nitrogens with zero attached hydrogens (tertiary/aromatic N) is 5. The topological polar surface area (TPSA) is 77.6 Å². The predicted molar refractivity (Wildman–Crippen MR) is 103 cm³/mol. The lowest BCUT2D eigenvalue weighted by Gasteiger charge is -2.06. The number of nitrogens with one attached hydrogen (secondary N) is 1. The van der Waals surface area contributed by atoms with Crippen molar-refractivity contribution in [3.8, 4) is 5.69 Å². The molecule has 0 saturated heterocycles. The molecule has 3 aromatic heterocycles. The third kappa shape index (κ3) is 3.58. The Bertz CT molecular complexity index is 1040. The smallest absolute Gasteiger partial charge is 0.279 e. The molecule has 0 aliphatic heterocycles. The quantitative estimate of drug-likeness (QED) is 0.526. The summed E-state index contributed by atoms with van der Waals surface area (Å²) in [5.74, 6) is 0.273. The second-order valence-electron chi connectivity index (χ2n) is 5.41. The van der Waals surface area contributed by atoms with Crippen molar-refractivity contribution in [3.63, 3.8) is 0 Å². The second kappa shape index (κ2) is 7.22. The lowest BCUT2D eigenvalue weighted by Crippen LogP contribution is -2.16. The minimum atomic E-state index is -0.332. The summed E-state index contributed by atoms with van der Waals surface area (Å²) in [4.78, 5) is 15.0. The summed E-state index contributed by atoms with van der Waals surface area (Å²) in [5, 5.41) is 17.5. The number of anilines is 1. The number of carbonyl (C=O) groups excluding carboxylic acids is 1. The molecule has 0 aliphatic carbocycles. The molecule has 9 heteroatoms. The molecule has 4 rings (SSSR count). The van der Waals surface area contributed by atoms with E-state index in [1.165, 1.54) is 11.0 Å². The molecule has 0 spiro atoms. The van der Waals surface area contributed by atoms with Gasteiger partial charge in [-0.2, -0.15) is 15.0 Å². The molecule has 4 aromatic rings. The van der Waals surface area contributed by atoms with E-state index in [1.54, 1.807) is 28.3 Å². The molecule has 1 N–H and O–H groups in total. The van der Waals surface area contributed by atoms with Gasteiger partial charge < -0.3 is 5.32 Å². The van der Waals surface area contributed by atoms with E-state index in [9.17, 15) is 4.79 Å². The fourth-order valence-corrected chi connectivity index (χ4v) is 3.81. The van der Waals surface area contributed by atoms with Crippen molar-refractivity contribution < 1.29 is 4.79 Å². The van der Waals surface area contributed by atoms with Crippen LogP contribution in [0.1, 0.15) is 15.4 Å². The van der Waals surface area contributed by atoms with Gasteiger partial charge in [0, 0.05) is 20.8 Å². The summed E-state index contributed by atoms with van der Waals surface area (Å²) in [6, 6.07) is 13.2. The van der Waals surface area contributed by atoms with Crippen LogP contribution in [-0.4, -0.2) is 30.7 Å². The van der Waals surface area contributed by atoms with Crippen LogP contribution in [0.5, 0.6) is 0 Å². The highest BCUT2D eigenvalue weighted by atomic mass is 79.9. The van der Waals surface area contributed by atoms with Crippen molar-refractivity contribution in [3.05, 3.63) is 75.3 Å².